The molecule has 0 aliphatic carbocycles. The van der Waals surface area contributed by atoms with Crippen LogP contribution in [0.1, 0.15) is 41.0 Å². The van der Waals surface area contributed by atoms with Crippen LogP contribution in [0.2, 0.25) is 0 Å². The molecule has 0 bridgehead atoms. The molecule has 0 saturated carbocycles. The van der Waals surface area contributed by atoms with Crippen LogP contribution in [0.3, 0.4) is 0 Å². The van der Waals surface area contributed by atoms with E-state index in [-0.39, 0.29) is 11.3 Å². The van der Waals surface area contributed by atoms with Crippen LogP contribution in [0.4, 0.5) is 0 Å². The summed E-state index contributed by atoms with van der Waals surface area (Å²) in [4.78, 5) is 16.8. The van der Waals surface area contributed by atoms with Gasteiger partial charge in [-0.3, -0.25) is 14.9 Å². The number of nitrogens with zero attached hydrogens (tertiary/aromatic N) is 2. The third-order valence-electron chi connectivity index (χ3n) is 4.38. The molecular formula is C20H18N4O. The van der Waals surface area contributed by atoms with Crippen molar-refractivity contribution in [1.29, 1.82) is 0 Å². The van der Waals surface area contributed by atoms with Gasteiger partial charge in [-0.25, -0.2) is 0 Å². The van der Waals surface area contributed by atoms with Crippen molar-refractivity contribution in [1.82, 2.24) is 20.5 Å². The Hall–Kier alpha value is -3.13. The first-order valence-electron chi connectivity index (χ1n) is 8.22. The van der Waals surface area contributed by atoms with E-state index in [1.165, 1.54) is 0 Å². The molecule has 25 heavy (non-hydrogen) atoms. The van der Waals surface area contributed by atoms with E-state index in [2.05, 4.69) is 46.2 Å². The van der Waals surface area contributed by atoms with Crippen molar-refractivity contribution in [2.24, 2.45) is 5.41 Å². The van der Waals surface area contributed by atoms with Crippen LogP contribution in [0.5, 0.6) is 0 Å². The second-order valence-corrected chi connectivity index (χ2v) is 7.16. The smallest absolute Gasteiger partial charge is 0.253 e. The number of fused-ring (bicyclic) bond motifs is 2. The lowest BCUT2D eigenvalue weighted by molar-refractivity contribution is 0.0944. The molecule has 0 fully saturated rings. The minimum absolute atomic E-state index is 0.00110. The van der Waals surface area contributed by atoms with Crippen LogP contribution in [0, 0.1) is 17.3 Å². The Kier molecular flexibility index (Phi) is 3.54. The molecule has 2 N–H and O–H groups in total. The number of nitrogens with one attached hydrogen (secondary N) is 2. The number of amides is 1. The lowest BCUT2D eigenvalue weighted by Crippen LogP contribution is -2.31. The van der Waals surface area contributed by atoms with Gasteiger partial charge in [-0.2, -0.15) is 5.10 Å². The van der Waals surface area contributed by atoms with E-state index in [1.54, 1.807) is 12.4 Å². The average Bonchev–Trinajstić information content (AvgIpc) is 3.02. The summed E-state index contributed by atoms with van der Waals surface area (Å²) in [5.41, 5.74) is 4.08. The quantitative estimate of drug-likeness (QED) is 0.623. The predicted molar refractivity (Wildman–Crippen MR) is 96.1 cm³/mol. The van der Waals surface area contributed by atoms with Gasteiger partial charge in [-0.1, -0.05) is 25.7 Å². The van der Waals surface area contributed by atoms with Crippen molar-refractivity contribution in [2.75, 3.05) is 6.54 Å². The lowest BCUT2D eigenvalue weighted by atomic mass is 9.87. The van der Waals surface area contributed by atoms with Crippen LogP contribution in [0.15, 0.2) is 36.7 Å². The summed E-state index contributed by atoms with van der Waals surface area (Å²) in [6.45, 7) is 4.90. The number of aromatic nitrogens is 3. The normalized spacial score (nSPS) is 15.7. The van der Waals surface area contributed by atoms with Gasteiger partial charge in [0.15, 0.2) is 0 Å². The van der Waals surface area contributed by atoms with Crippen LogP contribution < -0.4 is 5.32 Å². The number of carbonyl (C=O) groups excluding carboxylic acids is 1. The second-order valence-electron chi connectivity index (χ2n) is 7.16. The maximum absolute atomic E-state index is 12.3. The number of pyridine rings is 1. The third-order valence-corrected chi connectivity index (χ3v) is 4.38. The van der Waals surface area contributed by atoms with Gasteiger partial charge in [0.25, 0.3) is 5.91 Å². The third kappa shape index (κ3) is 3.11. The number of rotatable bonds is 0. The molecule has 0 spiro atoms. The summed E-state index contributed by atoms with van der Waals surface area (Å²) in [6.07, 6.45) is 4.29. The topological polar surface area (TPSA) is 70.7 Å². The van der Waals surface area contributed by atoms with Gasteiger partial charge in [0, 0.05) is 29.3 Å². The van der Waals surface area contributed by atoms with E-state index in [0.29, 0.717) is 12.1 Å². The summed E-state index contributed by atoms with van der Waals surface area (Å²) in [5, 5.41) is 10.9. The van der Waals surface area contributed by atoms with E-state index in [4.69, 9.17) is 0 Å². The molecule has 1 aliphatic heterocycles. The maximum Gasteiger partial charge on any atom is 0.253 e. The molecule has 5 nitrogen and oxygen atoms in total. The molecule has 1 aromatic carbocycles. The number of H-pyrrole nitrogens is 1. The first-order valence-corrected chi connectivity index (χ1v) is 8.22. The summed E-state index contributed by atoms with van der Waals surface area (Å²) in [6, 6.07) is 7.72. The molecule has 124 valence electrons. The van der Waals surface area contributed by atoms with Crippen LogP contribution in [-0.4, -0.2) is 27.6 Å². The lowest BCUT2D eigenvalue weighted by Gasteiger charge is -2.21. The zero-order chi connectivity index (χ0) is 17.4. The molecule has 1 amide bonds. The van der Waals surface area contributed by atoms with Gasteiger partial charge in [-0.15, -0.1) is 0 Å². The van der Waals surface area contributed by atoms with Gasteiger partial charge in [0.05, 0.1) is 23.0 Å². The molecule has 2 aromatic heterocycles. The van der Waals surface area contributed by atoms with E-state index < -0.39 is 0 Å². The Bertz CT molecular complexity index is 1040. The Morgan fingerprint density at radius 2 is 1.96 bits per heavy atom. The summed E-state index contributed by atoms with van der Waals surface area (Å²) >= 11 is 0. The van der Waals surface area contributed by atoms with Gasteiger partial charge < -0.3 is 5.32 Å². The first kappa shape index (κ1) is 15.4. The second kappa shape index (κ2) is 5.75. The van der Waals surface area contributed by atoms with Crippen molar-refractivity contribution < 1.29 is 4.79 Å². The first-order chi connectivity index (χ1) is 12.0. The predicted octanol–water partition coefficient (Wildman–Crippen LogP) is 2.67. The Morgan fingerprint density at radius 3 is 2.84 bits per heavy atom. The summed E-state index contributed by atoms with van der Waals surface area (Å²) in [5.74, 6) is 6.17. The standard InChI is InChI=1S/C20H18N4O/c1-20(2)9-18-16(19(25)22-12-20)8-14(10-21-18)4-3-13-5-6-17-15(7-13)11-23-24-17/h5-8,10-11H,9,12H2,1-2H3,(H,22,25)(H,23,24). The molecule has 3 heterocycles. The number of benzene rings is 1. The van der Waals surface area contributed by atoms with Crippen molar-refractivity contribution >= 4 is 16.8 Å². The fraction of sp³-hybridized carbons (Fsp3) is 0.250. The Labute approximate surface area is 145 Å². The molecule has 0 unspecified atom stereocenters. The Balaban J connectivity index is 1.67. The molecule has 4 rings (SSSR count). The minimum Gasteiger partial charge on any atom is -0.351 e. The van der Waals surface area contributed by atoms with Crippen LogP contribution in [-0.2, 0) is 6.42 Å². The molecule has 0 saturated heterocycles. The fourth-order valence-corrected chi connectivity index (χ4v) is 2.99. The van der Waals surface area contributed by atoms with Crippen molar-refractivity contribution in [2.45, 2.75) is 20.3 Å². The molecule has 5 heteroatoms. The van der Waals surface area contributed by atoms with E-state index >= 15 is 0 Å². The zero-order valence-corrected chi connectivity index (χ0v) is 14.2. The number of hydrogen-bond acceptors (Lipinski definition) is 3. The monoisotopic (exact) mass is 330 g/mol. The molecular weight excluding hydrogens is 312 g/mol. The maximum atomic E-state index is 12.3. The fourth-order valence-electron chi connectivity index (χ4n) is 2.99. The molecule has 0 atom stereocenters. The highest BCUT2D eigenvalue weighted by molar-refractivity contribution is 5.96. The van der Waals surface area contributed by atoms with Gasteiger partial charge >= 0.3 is 0 Å². The van der Waals surface area contributed by atoms with Gasteiger partial charge in [0.2, 0.25) is 0 Å². The van der Waals surface area contributed by atoms with Crippen molar-refractivity contribution in [3.8, 4) is 11.8 Å². The molecule has 1 aliphatic rings. The van der Waals surface area contributed by atoms with E-state index in [9.17, 15) is 4.79 Å². The van der Waals surface area contributed by atoms with E-state index in [0.717, 1.165) is 34.1 Å². The van der Waals surface area contributed by atoms with E-state index in [1.807, 2.05) is 24.3 Å². The number of carbonyl (C=O) groups is 1. The molecule has 0 radical (unpaired) electrons. The zero-order valence-electron chi connectivity index (χ0n) is 14.2. The highest BCUT2D eigenvalue weighted by atomic mass is 16.1. The SMILES string of the molecule is CC1(C)CNC(=O)c2cc(C#Cc3ccc4[nH]ncc4c3)cnc2C1. The van der Waals surface area contributed by atoms with Crippen LogP contribution >= 0.6 is 0 Å². The minimum atomic E-state index is -0.0726. The summed E-state index contributed by atoms with van der Waals surface area (Å²) < 4.78 is 0. The largest absolute Gasteiger partial charge is 0.351 e. The van der Waals surface area contributed by atoms with Crippen molar-refractivity contribution in [3.63, 3.8) is 0 Å². The Morgan fingerprint density at radius 1 is 1.12 bits per heavy atom. The number of hydrogen-bond donors (Lipinski definition) is 2. The van der Waals surface area contributed by atoms with Crippen molar-refractivity contribution in [3.05, 3.63) is 59.0 Å². The number of aromatic amines is 1. The average molecular weight is 330 g/mol. The van der Waals surface area contributed by atoms with Gasteiger partial charge in [-0.05, 0) is 36.1 Å². The van der Waals surface area contributed by atoms with Gasteiger partial charge in [0.1, 0.15) is 0 Å². The summed E-state index contributed by atoms with van der Waals surface area (Å²) in [7, 11) is 0. The highest BCUT2D eigenvalue weighted by Crippen LogP contribution is 2.25. The van der Waals surface area contributed by atoms with Crippen LogP contribution in [0.25, 0.3) is 10.9 Å². The highest BCUT2D eigenvalue weighted by Gasteiger charge is 2.27. The molecule has 3 aromatic rings.